The van der Waals surface area contributed by atoms with Gasteiger partial charge in [0.1, 0.15) is 0 Å². The van der Waals surface area contributed by atoms with Gasteiger partial charge in [-0.25, -0.2) is 0 Å². The number of nitrogens with zero attached hydrogens (tertiary/aromatic N) is 1. The zero-order valence-electron chi connectivity index (χ0n) is 7.92. The van der Waals surface area contributed by atoms with E-state index in [0.29, 0.717) is 0 Å². The third kappa shape index (κ3) is 2.22. The first-order chi connectivity index (χ1) is 6.68. The van der Waals surface area contributed by atoms with Crippen LogP contribution in [0.5, 0.6) is 0 Å². The Morgan fingerprint density at radius 3 is 2.50 bits per heavy atom. The van der Waals surface area contributed by atoms with Crippen molar-refractivity contribution in [2.75, 3.05) is 6.54 Å². The van der Waals surface area contributed by atoms with Crippen LogP contribution >= 0.6 is 23.2 Å². The number of alkyl halides is 2. The Bertz CT molecular complexity index is 297. The highest BCUT2D eigenvalue weighted by Crippen LogP contribution is 2.37. The summed E-state index contributed by atoms with van der Waals surface area (Å²) in [6.45, 7) is 1.83. The first kappa shape index (κ1) is 10.3. The van der Waals surface area contributed by atoms with Crippen molar-refractivity contribution in [1.82, 2.24) is 4.90 Å². The molecule has 2 rings (SSSR count). The van der Waals surface area contributed by atoms with Crippen molar-refractivity contribution >= 4 is 23.2 Å². The Hall–Kier alpha value is -0.240. The highest BCUT2D eigenvalue weighted by molar-refractivity contribution is 6.48. The molecule has 0 saturated carbocycles. The third-order valence-corrected chi connectivity index (χ3v) is 3.44. The van der Waals surface area contributed by atoms with Gasteiger partial charge in [0.15, 0.2) is 4.46 Å². The summed E-state index contributed by atoms with van der Waals surface area (Å²) in [4.78, 5) is 2.12. The molecule has 1 saturated heterocycles. The summed E-state index contributed by atoms with van der Waals surface area (Å²) in [5, 5.41) is 0. The summed E-state index contributed by atoms with van der Waals surface area (Å²) in [5.41, 5.74) is 1.26. The lowest BCUT2D eigenvalue weighted by molar-refractivity contribution is 0.276. The van der Waals surface area contributed by atoms with Crippen molar-refractivity contribution in [3.63, 3.8) is 0 Å². The average Bonchev–Trinajstić information content (AvgIpc) is 2.48. The summed E-state index contributed by atoms with van der Waals surface area (Å²) in [6, 6.07) is 10.3. The fourth-order valence-electron chi connectivity index (χ4n) is 1.80. The van der Waals surface area contributed by atoms with Gasteiger partial charge in [0.25, 0.3) is 0 Å². The number of halogens is 2. The van der Waals surface area contributed by atoms with Gasteiger partial charge in [-0.05, 0) is 18.4 Å². The van der Waals surface area contributed by atoms with Crippen molar-refractivity contribution in [1.29, 1.82) is 0 Å². The van der Waals surface area contributed by atoms with Crippen LogP contribution < -0.4 is 0 Å². The smallest absolute Gasteiger partial charge is 0.171 e. The molecule has 0 N–H and O–H groups in total. The number of hydrogen-bond donors (Lipinski definition) is 0. The molecule has 1 aliphatic heterocycles. The fraction of sp³-hybridized carbons (Fsp3) is 0.455. The molecule has 3 heteroatoms. The van der Waals surface area contributed by atoms with Crippen LogP contribution in [-0.4, -0.2) is 15.9 Å². The monoisotopic (exact) mass is 229 g/mol. The number of hydrogen-bond acceptors (Lipinski definition) is 1. The van der Waals surface area contributed by atoms with Gasteiger partial charge in [0.2, 0.25) is 0 Å². The van der Waals surface area contributed by atoms with Gasteiger partial charge < -0.3 is 0 Å². The van der Waals surface area contributed by atoms with Crippen LogP contribution in [0.25, 0.3) is 0 Å². The average molecular weight is 230 g/mol. The topological polar surface area (TPSA) is 3.24 Å². The lowest BCUT2D eigenvalue weighted by atomic mass is 10.2. The molecule has 0 atom stereocenters. The van der Waals surface area contributed by atoms with Gasteiger partial charge in [-0.2, -0.15) is 0 Å². The normalized spacial score (nSPS) is 21.3. The second-order valence-electron chi connectivity index (χ2n) is 3.68. The van der Waals surface area contributed by atoms with Gasteiger partial charge >= 0.3 is 0 Å². The van der Waals surface area contributed by atoms with Crippen LogP contribution in [0.4, 0.5) is 0 Å². The van der Waals surface area contributed by atoms with Gasteiger partial charge in [-0.3, -0.25) is 4.90 Å². The maximum atomic E-state index is 6.17. The zero-order valence-corrected chi connectivity index (χ0v) is 9.43. The van der Waals surface area contributed by atoms with Gasteiger partial charge in [0, 0.05) is 13.1 Å². The number of benzene rings is 1. The fourth-order valence-corrected chi connectivity index (χ4v) is 2.36. The second kappa shape index (κ2) is 4.09. The van der Waals surface area contributed by atoms with E-state index < -0.39 is 4.46 Å². The lowest BCUT2D eigenvalue weighted by Gasteiger charge is -2.26. The van der Waals surface area contributed by atoms with Crippen LogP contribution in [0.2, 0.25) is 0 Å². The maximum absolute atomic E-state index is 6.17. The molecule has 0 amide bonds. The first-order valence-corrected chi connectivity index (χ1v) is 5.61. The van der Waals surface area contributed by atoms with Gasteiger partial charge in [-0.15, -0.1) is 0 Å². The third-order valence-electron chi connectivity index (χ3n) is 2.58. The molecule has 0 aromatic heterocycles. The van der Waals surface area contributed by atoms with E-state index in [2.05, 4.69) is 17.0 Å². The largest absolute Gasteiger partial charge is 0.268 e. The molecule has 0 radical (unpaired) electrons. The van der Waals surface area contributed by atoms with E-state index >= 15 is 0 Å². The van der Waals surface area contributed by atoms with E-state index in [9.17, 15) is 0 Å². The van der Waals surface area contributed by atoms with Gasteiger partial charge in [-0.1, -0.05) is 53.5 Å². The molecule has 0 spiro atoms. The van der Waals surface area contributed by atoms with Crippen LogP contribution in [0.3, 0.4) is 0 Å². The zero-order chi connectivity index (χ0) is 10.0. The number of likely N-dealkylation sites (tertiary alicyclic amines) is 1. The van der Waals surface area contributed by atoms with Crippen LogP contribution in [0.1, 0.15) is 18.4 Å². The second-order valence-corrected chi connectivity index (χ2v) is 5.12. The minimum absolute atomic E-state index is 0.657. The Balaban J connectivity index is 2.05. The summed E-state index contributed by atoms with van der Waals surface area (Å²) in [5.74, 6) is 0. The highest BCUT2D eigenvalue weighted by atomic mass is 35.5. The standard InChI is InChI=1S/C11H13Cl2N/c12-11(13)7-4-8-14(11)9-10-5-2-1-3-6-10/h1-3,5-6H,4,7-9H2. The summed E-state index contributed by atoms with van der Waals surface area (Å²) in [7, 11) is 0. The maximum Gasteiger partial charge on any atom is 0.171 e. The molecule has 1 aromatic carbocycles. The van der Waals surface area contributed by atoms with Crippen molar-refractivity contribution in [2.24, 2.45) is 0 Å². The van der Waals surface area contributed by atoms with Crippen molar-refractivity contribution in [3.05, 3.63) is 35.9 Å². The van der Waals surface area contributed by atoms with Crippen molar-refractivity contribution in [3.8, 4) is 0 Å². The summed E-state index contributed by atoms with van der Waals surface area (Å²) in [6.07, 6.45) is 1.95. The Labute approximate surface area is 94.6 Å². The van der Waals surface area contributed by atoms with Crippen LogP contribution in [0, 0.1) is 0 Å². The number of rotatable bonds is 2. The molecule has 0 bridgehead atoms. The molecule has 0 aliphatic carbocycles. The van der Waals surface area contributed by atoms with E-state index in [1.807, 2.05) is 18.2 Å². The van der Waals surface area contributed by atoms with Crippen molar-refractivity contribution in [2.45, 2.75) is 23.8 Å². The van der Waals surface area contributed by atoms with E-state index in [1.165, 1.54) is 5.56 Å². The molecule has 1 aromatic rings. The molecule has 0 unspecified atom stereocenters. The minimum atomic E-state index is -0.657. The lowest BCUT2D eigenvalue weighted by Crippen LogP contribution is -2.32. The van der Waals surface area contributed by atoms with Crippen LogP contribution in [-0.2, 0) is 6.54 Å². The Morgan fingerprint density at radius 2 is 1.93 bits per heavy atom. The summed E-state index contributed by atoms with van der Waals surface area (Å²) >= 11 is 12.3. The molecular weight excluding hydrogens is 217 g/mol. The SMILES string of the molecule is ClC1(Cl)CCCN1Cc1ccccc1. The molecule has 1 fully saturated rings. The van der Waals surface area contributed by atoms with E-state index in [1.54, 1.807) is 0 Å². The Kier molecular flexibility index (Phi) is 3.01. The molecule has 14 heavy (non-hydrogen) atoms. The van der Waals surface area contributed by atoms with Gasteiger partial charge in [0.05, 0.1) is 0 Å². The minimum Gasteiger partial charge on any atom is -0.268 e. The predicted octanol–water partition coefficient (Wildman–Crippen LogP) is 3.41. The predicted molar refractivity (Wildman–Crippen MR) is 60.5 cm³/mol. The molecular formula is C11H13Cl2N. The van der Waals surface area contributed by atoms with Crippen LogP contribution in [0.15, 0.2) is 30.3 Å². The van der Waals surface area contributed by atoms with E-state index in [0.717, 1.165) is 25.9 Å². The van der Waals surface area contributed by atoms with Crippen molar-refractivity contribution < 1.29 is 0 Å². The Morgan fingerprint density at radius 1 is 1.21 bits per heavy atom. The summed E-state index contributed by atoms with van der Waals surface area (Å²) < 4.78 is -0.657. The molecule has 1 heterocycles. The highest BCUT2D eigenvalue weighted by Gasteiger charge is 2.36. The molecule has 76 valence electrons. The van der Waals surface area contributed by atoms with E-state index in [-0.39, 0.29) is 0 Å². The molecule has 1 nitrogen and oxygen atoms in total. The first-order valence-electron chi connectivity index (χ1n) is 4.85. The molecule has 1 aliphatic rings. The van der Waals surface area contributed by atoms with E-state index in [4.69, 9.17) is 23.2 Å². The quantitative estimate of drug-likeness (QED) is 0.555.